The molecule has 1 aromatic heterocycles. The van der Waals surface area contributed by atoms with Gasteiger partial charge in [0.2, 0.25) is 0 Å². The molecule has 0 aliphatic heterocycles. The fraction of sp³-hybridized carbons (Fsp3) is 0.500. The number of thiazole rings is 1. The fourth-order valence-electron chi connectivity index (χ4n) is 1.15. The highest BCUT2D eigenvalue weighted by Crippen LogP contribution is 2.24. The van der Waals surface area contributed by atoms with Gasteiger partial charge in [0.25, 0.3) is 0 Å². The Morgan fingerprint density at radius 1 is 1.69 bits per heavy atom. The molecule has 1 aromatic rings. The summed E-state index contributed by atoms with van der Waals surface area (Å²) in [6.07, 6.45) is 6.78. The summed E-state index contributed by atoms with van der Waals surface area (Å²) in [4.78, 5) is 5.71. The molecule has 0 spiro atoms. The third-order valence-corrected chi connectivity index (χ3v) is 3.32. The summed E-state index contributed by atoms with van der Waals surface area (Å²) in [6.45, 7) is 4.14. The number of terminal acetylenes is 1. The van der Waals surface area contributed by atoms with Crippen LogP contribution in [-0.2, 0) is 6.42 Å². The number of hydrogen-bond donors (Lipinski definition) is 1. The molecule has 1 atom stereocenters. The standard InChI is InChI=1S/C10H14N2S/c1-4-6-8(11)10-12-7(3)9(5-2)13-10/h1,8H,5-6,11H2,2-3H3/t8-/m0/s1. The molecule has 70 valence electrons. The van der Waals surface area contributed by atoms with E-state index in [1.165, 1.54) is 4.88 Å². The van der Waals surface area contributed by atoms with Gasteiger partial charge >= 0.3 is 0 Å². The zero-order valence-electron chi connectivity index (χ0n) is 8.00. The second-order valence-electron chi connectivity index (χ2n) is 2.93. The number of nitrogens with two attached hydrogens (primary N) is 1. The lowest BCUT2D eigenvalue weighted by molar-refractivity contribution is 0.743. The number of hydrogen-bond acceptors (Lipinski definition) is 3. The molecule has 13 heavy (non-hydrogen) atoms. The van der Waals surface area contributed by atoms with Crippen LogP contribution in [0.25, 0.3) is 0 Å². The topological polar surface area (TPSA) is 38.9 Å². The van der Waals surface area contributed by atoms with Gasteiger partial charge in [-0.2, -0.15) is 0 Å². The van der Waals surface area contributed by atoms with Crippen molar-refractivity contribution in [2.75, 3.05) is 0 Å². The molecule has 0 aliphatic rings. The second kappa shape index (κ2) is 4.40. The summed E-state index contributed by atoms with van der Waals surface area (Å²) in [7, 11) is 0. The van der Waals surface area contributed by atoms with Crippen LogP contribution >= 0.6 is 11.3 Å². The van der Waals surface area contributed by atoms with Crippen molar-refractivity contribution in [3.63, 3.8) is 0 Å². The second-order valence-corrected chi connectivity index (χ2v) is 4.04. The Bertz CT molecular complexity index is 322. The molecule has 0 radical (unpaired) electrons. The van der Waals surface area contributed by atoms with Crippen LogP contribution in [0.3, 0.4) is 0 Å². The van der Waals surface area contributed by atoms with Gasteiger partial charge in [-0.1, -0.05) is 6.92 Å². The maximum Gasteiger partial charge on any atom is 0.111 e. The predicted molar refractivity (Wildman–Crippen MR) is 56.6 cm³/mol. The highest BCUT2D eigenvalue weighted by Gasteiger charge is 2.11. The predicted octanol–water partition coefficient (Wildman–Crippen LogP) is 2.04. The van der Waals surface area contributed by atoms with Gasteiger partial charge in [0.05, 0.1) is 11.7 Å². The highest BCUT2D eigenvalue weighted by molar-refractivity contribution is 7.11. The maximum atomic E-state index is 5.85. The van der Waals surface area contributed by atoms with E-state index in [-0.39, 0.29) is 6.04 Å². The summed E-state index contributed by atoms with van der Waals surface area (Å²) < 4.78 is 0. The maximum absolute atomic E-state index is 5.85. The SMILES string of the molecule is C#CC[C@H](N)c1nc(C)c(CC)s1. The van der Waals surface area contributed by atoms with E-state index in [4.69, 9.17) is 12.2 Å². The first-order valence-electron chi connectivity index (χ1n) is 4.34. The Kier molecular flexibility index (Phi) is 3.47. The third kappa shape index (κ3) is 2.30. The van der Waals surface area contributed by atoms with Gasteiger partial charge in [0.15, 0.2) is 0 Å². The average Bonchev–Trinajstić information content (AvgIpc) is 2.47. The zero-order valence-corrected chi connectivity index (χ0v) is 8.82. The molecule has 0 amide bonds. The molecule has 0 unspecified atom stereocenters. The Morgan fingerprint density at radius 3 is 2.85 bits per heavy atom. The van der Waals surface area contributed by atoms with Gasteiger partial charge < -0.3 is 5.73 Å². The molecule has 0 fully saturated rings. The molecule has 1 rings (SSSR count). The van der Waals surface area contributed by atoms with E-state index < -0.39 is 0 Å². The van der Waals surface area contributed by atoms with E-state index >= 15 is 0 Å². The number of nitrogens with zero attached hydrogens (tertiary/aromatic N) is 1. The first kappa shape index (κ1) is 10.2. The third-order valence-electron chi connectivity index (χ3n) is 1.89. The van der Waals surface area contributed by atoms with Gasteiger partial charge in [-0.05, 0) is 13.3 Å². The normalized spacial score (nSPS) is 12.5. The summed E-state index contributed by atoms with van der Waals surface area (Å²) in [5.74, 6) is 2.55. The van der Waals surface area contributed by atoms with E-state index in [1.54, 1.807) is 11.3 Å². The Labute approximate surface area is 83.2 Å². The molecule has 0 bridgehead atoms. The van der Waals surface area contributed by atoms with E-state index in [9.17, 15) is 0 Å². The van der Waals surface area contributed by atoms with Gasteiger partial charge in [-0.15, -0.1) is 23.7 Å². The van der Waals surface area contributed by atoms with Crippen molar-refractivity contribution >= 4 is 11.3 Å². The van der Waals surface area contributed by atoms with Crippen LogP contribution in [0.5, 0.6) is 0 Å². The fourth-order valence-corrected chi connectivity index (χ4v) is 2.16. The molecule has 2 N–H and O–H groups in total. The first-order valence-corrected chi connectivity index (χ1v) is 5.16. The summed E-state index contributed by atoms with van der Waals surface area (Å²) in [6, 6.07) is -0.0889. The average molecular weight is 194 g/mol. The van der Waals surface area contributed by atoms with Crippen molar-refractivity contribution in [3.8, 4) is 12.3 Å². The minimum Gasteiger partial charge on any atom is -0.321 e. The summed E-state index contributed by atoms with van der Waals surface area (Å²) in [5, 5.41) is 0.965. The quantitative estimate of drug-likeness (QED) is 0.748. The van der Waals surface area contributed by atoms with Crippen molar-refractivity contribution in [1.29, 1.82) is 0 Å². The molecule has 0 saturated heterocycles. The highest BCUT2D eigenvalue weighted by atomic mass is 32.1. The molecule has 0 saturated carbocycles. The van der Waals surface area contributed by atoms with E-state index in [2.05, 4.69) is 17.8 Å². The number of aryl methyl sites for hydroxylation is 2. The Balaban J connectivity index is 2.85. The minimum absolute atomic E-state index is 0.0889. The van der Waals surface area contributed by atoms with Gasteiger partial charge in [0.1, 0.15) is 5.01 Å². The van der Waals surface area contributed by atoms with Crippen LogP contribution in [0, 0.1) is 19.3 Å². The van der Waals surface area contributed by atoms with Crippen LogP contribution in [-0.4, -0.2) is 4.98 Å². The molecule has 0 aliphatic carbocycles. The molecule has 0 aromatic carbocycles. The van der Waals surface area contributed by atoms with Crippen LogP contribution in [0.15, 0.2) is 0 Å². The monoisotopic (exact) mass is 194 g/mol. The van der Waals surface area contributed by atoms with E-state index in [1.807, 2.05) is 6.92 Å². The van der Waals surface area contributed by atoms with Crippen LogP contribution in [0.4, 0.5) is 0 Å². The lowest BCUT2D eigenvalue weighted by Crippen LogP contribution is -2.08. The largest absolute Gasteiger partial charge is 0.321 e. The van der Waals surface area contributed by atoms with Gasteiger partial charge in [-0.3, -0.25) is 0 Å². The lowest BCUT2D eigenvalue weighted by Gasteiger charge is -2.01. The van der Waals surface area contributed by atoms with Crippen molar-refractivity contribution < 1.29 is 0 Å². The Morgan fingerprint density at radius 2 is 2.38 bits per heavy atom. The summed E-state index contributed by atoms with van der Waals surface area (Å²) in [5.41, 5.74) is 6.94. The molecule has 3 heteroatoms. The Hall–Kier alpha value is -0.850. The van der Waals surface area contributed by atoms with Crippen molar-refractivity contribution in [2.45, 2.75) is 32.7 Å². The van der Waals surface area contributed by atoms with Crippen LogP contribution in [0.1, 0.15) is 35.0 Å². The minimum atomic E-state index is -0.0889. The lowest BCUT2D eigenvalue weighted by atomic mass is 10.2. The van der Waals surface area contributed by atoms with Crippen molar-refractivity contribution in [2.24, 2.45) is 5.73 Å². The molecular weight excluding hydrogens is 180 g/mol. The number of rotatable bonds is 3. The van der Waals surface area contributed by atoms with Gasteiger partial charge in [-0.25, -0.2) is 4.98 Å². The van der Waals surface area contributed by atoms with Crippen LogP contribution < -0.4 is 5.73 Å². The van der Waals surface area contributed by atoms with Crippen molar-refractivity contribution in [1.82, 2.24) is 4.98 Å². The summed E-state index contributed by atoms with van der Waals surface area (Å²) >= 11 is 1.68. The molecule has 2 nitrogen and oxygen atoms in total. The smallest absolute Gasteiger partial charge is 0.111 e. The van der Waals surface area contributed by atoms with E-state index in [0.717, 1.165) is 17.1 Å². The molecule has 1 heterocycles. The van der Waals surface area contributed by atoms with Gasteiger partial charge in [0, 0.05) is 11.3 Å². The molecular formula is C10H14N2S. The zero-order chi connectivity index (χ0) is 9.84. The van der Waals surface area contributed by atoms with Crippen LogP contribution in [0.2, 0.25) is 0 Å². The van der Waals surface area contributed by atoms with Crippen molar-refractivity contribution in [3.05, 3.63) is 15.6 Å². The number of aromatic nitrogens is 1. The first-order chi connectivity index (χ1) is 6.19. The van der Waals surface area contributed by atoms with E-state index in [0.29, 0.717) is 6.42 Å².